The van der Waals surface area contributed by atoms with E-state index in [1.54, 1.807) is 12.1 Å². The molecule has 1 aromatic carbocycles. The van der Waals surface area contributed by atoms with Crippen LogP contribution in [-0.2, 0) is 4.74 Å². The first-order valence-electron chi connectivity index (χ1n) is 6.38. The van der Waals surface area contributed by atoms with Gasteiger partial charge in [-0.1, -0.05) is 0 Å². The van der Waals surface area contributed by atoms with Crippen molar-refractivity contribution in [3.63, 3.8) is 0 Å². The first kappa shape index (κ1) is 13.3. The second kappa shape index (κ2) is 6.71. The van der Waals surface area contributed by atoms with E-state index < -0.39 is 0 Å². The number of aliphatic hydroxyl groups is 1. The maximum Gasteiger partial charge on any atom is 0.123 e. The maximum atomic E-state index is 12.7. The summed E-state index contributed by atoms with van der Waals surface area (Å²) in [6.07, 6.45) is 3.20. The molecule has 1 aliphatic rings. The molecule has 1 aromatic rings. The van der Waals surface area contributed by atoms with Gasteiger partial charge in [0.25, 0.3) is 0 Å². The zero-order valence-electron chi connectivity index (χ0n) is 10.3. The summed E-state index contributed by atoms with van der Waals surface area (Å²) in [6, 6.07) is 5.98. The Labute approximate surface area is 107 Å². The first-order valence-corrected chi connectivity index (χ1v) is 6.38. The van der Waals surface area contributed by atoms with E-state index in [0.29, 0.717) is 18.5 Å². The molecular formula is C14H19FO3. The number of ether oxygens (including phenoxy) is 2. The van der Waals surface area contributed by atoms with Crippen LogP contribution in [0.25, 0.3) is 0 Å². The van der Waals surface area contributed by atoms with Crippen molar-refractivity contribution >= 4 is 0 Å². The van der Waals surface area contributed by atoms with E-state index in [9.17, 15) is 9.50 Å². The fraction of sp³-hybridized carbons (Fsp3) is 0.571. The third-order valence-electron chi connectivity index (χ3n) is 3.17. The SMILES string of the molecule is OCC(CCOc1ccc(F)cc1)CCC1CO1. The molecule has 0 amide bonds. The molecule has 1 heterocycles. The van der Waals surface area contributed by atoms with Crippen LogP contribution >= 0.6 is 0 Å². The Kier molecular flexibility index (Phi) is 4.96. The van der Waals surface area contributed by atoms with Gasteiger partial charge < -0.3 is 14.6 Å². The highest BCUT2D eigenvalue weighted by atomic mass is 19.1. The second-order valence-electron chi connectivity index (χ2n) is 4.67. The van der Waals surface area contributed by atoms with Crippen LogP contribution in [0.2, 0.25) is 0 Å². The van der Waals surface area contributed by atoms with E-state index in [-0.39, 0.29) is 18.3 Å². The summed E-state index contributed by atoms with van der Waals surface area (Å²) in [5.41, 5.74) is 0. The van der Waals surface area contributed by atoms with E-state index in [0.717, 1.165) is 25.9 Å². The first-order chi connectivity index (χ1) is 8.78. The molecule has 100 valence electrons. The standard InChI is InChI=1S/C14H19FO3/c15-12-2-5-13(6-3-12)17-8-7-11(9-16)1-4-14-10-18-14/h2-3,5-6,11,14,16H,1,4,7-10H2. The van der Waals surface area contributed by atoms with Crippen molar-refractivity contribution in [1.82, 2.24) is 0 Å². The van der Waals surface area contributed by atoms with E-state index >= 15 is 0 Å². The van der Waals surface area contributed by atoms with Crippen molar-refractivity contribution in [2.45, 2.75) is 25.4 Å². The zero-order chi connectivity index (χ0) is 12.8. The lowest BCUT2D eigenvalue weighted by molar-refractivity contribution is 0.179. The van der Waals surface area contributed by atoms with Crippen LogP contribution in [0.15, 0.2) is 24.3 Å². The van der Waals surface area contributed by atoms with E-state index in [4.69, 9.17) is 9.47 Å². The van der Waals surface area contributed by atoms with Gasteiger partial charge in [-0.25, -0.2) is 4.39 Å². The molecule has 1 aliphatic heterocycles. The Balaban J connectivity index is 1.64. The van der Waals surface area contributed by atoms with Crippen molar-refractivity contribution < 1.29 is 19.0 Å². The molecule has 2 atom stereocenters. The topological polar surface area (TPSA) is 42.0 Å². The Morgan fingerprint density at radius 1 is 1.33 bits per heavy atom. The fourth-order valence-corrected chi connectivity index (χ4v) is 1.86. The van der Waals surface area contributed by atoms with Gasteiger partial charge in [0.2, 0.25) is 0 Å². The smallest absolute Gasteiger partial charge is 0.123 e. The second-order valence-corrected chi connectivity index (χ2v) is 4.67. The van der Waals surface area contributed by atoms with Crippen molar-refractivity contribution in [3.05, 3.63) is 30.1 Å². The summed E-state index contributed by atoms with van der Waals surface area (Å²) in [6.45, 7) is 1.59. The number of hydrogen-bond donors (Lipinski definition) is 1. The Morgan fingerprint density at radius 2 is 2.06 bits per heavy atom. The molecule has 18 heavy (non-hydrogen) atoms. The van der Waals surface area contributed by atoms with Crippen molar-refractivity contribution in [2.24, 2.45) is 5.92 Å². The van der Waals surface area contributed by atoms with Crippen LogP contribution in [0.1, 0.15) is 19.3 Å². The van der Waals surface area contributed by atoms with Gasteiger partial charge in [0.15, 0.2) is 0 Å². The predicted molar refractivity (Wildman–Crippen MR) is 66.1 cm³/mol. The number of aliphatic hydroxyl groups excluding tert-OH is 1. The van der Waals surface area contributed by atoms with Gasteiger partial charge in [-0.2, -0.15) is 0 Å². The highest BCUT2D eigenvalue weighted by Crippen LogP contribution is 2.21. The summed E-state index contributed by atoms with van der Waals surface area (Å²) < 4.78 is 23.3. The summed E-state index contributed by atoms with van der Waals surface area (Å²) in [7, 11) is 0. The van der Waals surface area contributed by atoms with Gasteiger partial charge in [-0.05, 0) is 49.4 Å². The van der Waals surface area contributed by atoms with Crippen LogP contribution in [0.3, 0.4) is 0 Å². The molecule has 0 aliphatic carbocycles. The van der Waals surface area contributed by atoms with Crippen LogP contribution in [0, 0.1) is 11.7 Å². The minimum absolute atomic E-state index is 0.180. The number of benzene rings is 1. The minimum atomic E-state index is -0.264. The molecule has 0 radical (unpaired) electrons. The zero-order valence-corrected chi connectivity index (χ0v) is 10.3. The van der Waals surface area contributed by atoms with Gasteiger partial charge in [0.1, 0.15) is 11.6 Å². The normalized spacial score (nSPS) is 19.6. The van der Waals surface area contributed by atoms with Gasteiger partial charge in [-0.3, -0.25) is 0 Å². The molecule has 1 N–H and O–H groups in total. The average Bonchev–Trinajstić information content (AvgIpc) is 3.20. The van der Waals surface area contributed by atoms with E-state index in [2.05, 4.69) is 0 Å². The predicted octanol–water partition coefficient (Wildman–Crippen LogP) is 2.38. The number of halogens is 1. The van der Waals surface area contributed by atoms with Gasteiger partial charge in [0.05, 0.1) is 19.3 Å². The Bertz CT molecular complexity index is 349. The molecule has 2 unspecified atom stereocenters. The molecule has 2 rings (SSSR count). The molecule has 0 spiro atoms. The van der Waals surface area contributed by atoms with Crippen LogP contribution in [0.4, 0.5) is 4.39 Å². The van der Waals surface area contributed by atoms with Crippen molar-refractivity contribution in [1.29, 1.82) is 0 Å². The largest absolute Gasteiger partial charge is 0.494 e. The summed E-state index contributed by atoms with van der Waals surface area (Å²) >= 11 is 0. The third kappa shape index (κ3) is 4.63. The van der Waals surface area contributed by atoms with E-state index in [1.165, 1.54) is 12.1 Å². The molecule has 4 heteroatoms. The molecule has 3 nitrogen and oxygen atoms in total. The summed E-state index contributed by atoms with van der Waals surface area (Å²) in [4.78, 5) is 0. The summed E-state index contributed by atoms with van der Waals surface area (Å²) in [5, 5.41) is 9.25. The molecule has 0 saturated carbocycles. The van der Waals surface area contributed by atoms with Crippen LogP contribution < -0.4 is 4.74 Å². The molecular weight excluding hydrogens is 235 g/mol. The maximum absolute atomic E-state index is 12.7. The lowest BCUT2D eigenvalue weighted by Crippen LogP contribution is -2.12. The number of epoxide rings is 1. The van der Waals surface area contributed by atoms with Gasteiger partial charge in [-0.15, -0.1) is 0 Å². The molecule has 1 fully saturated rings. The summed E-state index contributed by atoms with van der Waals surface area (Å²) in [5.74, 6) is 0.660. The van der Waals surface area contributed by atoms with Gasteiger partial charge in [0, 0.05) is 6.61 Å². The molecule has 1 saturated heterocycles. The third-order valence-corrected chi connectivity index (χ3v) is 3.17. The Morgan fingerprint density at radius 3 is 2.67 bits per heavy atom. The lowest BCUT2D eigenvalue weighted by Gasteiger charge is -2.14. The van der Waals surface area contributed by atoms with Crippen LogP contribution in [0.5, 0.6) is 5.75 Å². The lowest BCUT2D eigenvalue weighted by atomic mass is 10.00. The average molecular weight is 254 g/mol. The fourth-order valence-electron chi connectivity index (χ4n) is 1.86. The van der Waals surface area contributed by atoms with Crippen LogP contribution in [-0.4, -0.2) is 31.0 Å². The molecule has 0 bridgehead atoms. The highest BCUT2D eigenvalue weighted by Gasteiger charge is 2.23. The van der Waals surface area contributed by atoms with E-state index in [1.807, 2.05) is 0 Å². The van der Waals surface area contributed by atoms with Crippen molar-refractivity contribution in [2.75, 3.05) is 19.8 Å². The quantitative estimate of drug-likeness (QED) is 0.724. The number of rotatable bonds is 8. The number of hydrogen-bond acceptors (Lipinski definition) is 3. The molecule has 0 aromatic heterocycles. The van der Waals surface area contributed by atoms with Gasteiger partial charge >= 0.3 is 0 Å². The Hall–Kier alpha value is -1.13. The highest BCUT2D eigenvalue weighted by molar-refractivity contribution is 5.21. The minimum Gasteiger partial charge on any atom is -0.494 e. The monoisotopic (exact) mass is 254 g/mol. The van der Waals surface area contributed by atoms with Crippen molar-refractivity contribution in [3.8, 4) is 5.75 Å².